The van der Waals surface area contributed by atoms with Gasteiger partial charge in [0.25, 0.3) is 0 Å². The predicted molar refractivity (Wildman–Crippen MR) is 61.9 cm³/mol. The summed E-state index contributed by atoms with van der Waals surface area (Å²) < 4.78 is 26.1. The normalized spacial score (nSPS) is 14.4. The van der Waals surface area contributed by atoms with E-state index in [0.717, 1.165) is 30.0 Å². The minimum absolute atomic E-state index is 0.159. The summed E-state index contributed by atoms with van der Waals surface area (Å²) in [6.45, 7) is 1.39. The molecule has 1 aromatic carbocycles. The van der Waals surface area contributed by atoms with Crippen molar-refractivity contribution in [3.8, 4) is 0 Å². The second kappa shape index (κ2) is 5.46. The summed E-state index contributed by atoms with van der Waals surface area (Å²) in [4.78, 5) is 10.9. The SMILES string of the molecule is CC(N)(CCSc1cc(F)ccc1F)C(=O)O. The van der Waals surface area contributed by atoms with Crippen molar-refractivity contribution in [2.45, 2.75) is 23.8 Å². The largest absolute Gasteiger partial charge is 0.480 e. The number of carboxylic acid groups (broad SMARTS) is 1. The zero-order valence-electron chi connectivity index (χ0n) is 9.24. The summed E-state index contributed by atoms with van der Waals surface area (Å²) in [5.41, 5.74) is 4.16. The zero-order chi connectivity index (χ0) is 13.1. The van der Waals surface area contributed by atoms with Crippen molar-refractivity contribution < 1.29 is 18.7 Å². The fourth-order valence-corrected chi connectivity index (χ4v) is 2.22. The maximum Gasteiger partial charge on any atom is 0.323 e. The number of thioether (sulfide) groups is 1. The molecular formula is C11H13F2NO2S. The van der Waals surface area contributed by atoms with E-state index < -0.39 is 23.1 Å². The molecule has 0 saturated heterocycles. The highest BCUT2D eigenvalue weighted by Crippen LogP contribution is 2.24. The van der Waals surface area contributed by atoms with Gasteiger partial charge in [-0.1, -0.05) is 0 Å². The van der Waals surface area contributed by atoms with Crippen molar-refractivity contribution >= 4 is 17.7 Å². The minimum atomic E-state index is -1.35. The van der Waals surface area contributed by atoms with Gasteiger partial charge in [0.15, 0.2) is 0 Å². The van der Waals surface area contributed by atoms with Crippen molar-refractivity contribution in [1.29, 1.82) is 0 Å². The van der Waals surface area contributed by atoms with Crippen LogP contribution in [0.2, 0.25) is 0 Å². The van der Waals surface area contributed by atoms with E-state index in [-0.39, 0.29) is 11.3 Å². The lowest BCUT2D eigenvalue weighted by atomic mass is 10.0. The Morgan fingerprint density at radius 1 is 1.53 bits per heavy atom. The molecule has 0 aliphatic rings. The first-order valence-corrected chi connectivity index (χ1v) is 5.91. The highest BCUT2D eigenvalue weighted by Gasteiger charge is 2.27. The lowest BCUT2D eigenvalue weighted by molar-refractivity contribution is -0.142. The molecule has 0 fully saturated rings. The summed E-state index contributed by atoms with van der Waals surface area (Å²) in [5.74, 6) is -1.86. The Bertz CT molecular complexity index is 424. The van der Waals surface area contributed by atoms with E-state index in [2.05, 4.69) is 0 Å². The predicted octanol–water partition coefficient (Wildman–Crippen LogP) is 2.25. The van der Waals surface area contributed by atoms with E-state index in [4.69, 9.17) is 10.8 Å². The van der Waals surface area contributed by atoms with Crippen LogP contribution >= 0.6 is 11.8 Å². The third-order valence-corrected chi connectivity index (χ3v) is 3.29. The number of carboxylic acids is 1. The zero-order valence-corrected chi connectivity index (χ0v) is 10.1. The van der Waals surface area contributed by atoms with Crippen LogP contribution in [0.15, 0.2) is 23.1 Å². The molecule has 6 heteroatoms. The van der Waals surface area contributed by atoms with Crippen LogP contribution in [0.25, 0.3) is 0 Å². The molecule has 0 aliphatic carbocycles. The van der Waals surface area contributed by atoms with Crippen molar-refractivity contribution in [3.05, 3.63) is 29.8 Å². The first-order valence-electron chi connectivity index (χ1n) is 4.93. The van der Waals surface area contributed by atoms with Crippen LogP contribution in [0.1, 0.15) is 13.3 Å². The van der Waals surface area contributed by atoms with E-state index in [9.17, 15) is 13.6 Å². The number of carbonyl (C=O) groups is 1. The monoisotopic (exact) mass is 261 g/mol. The van der Waals surface area contributed by atoms with Gasteiger partial charge in [-0.15, -0.1) is 11.8 Å². The van der Waals surface area contributed by atoms with Gasteiger partial charge in [-0.05, 0) is 31.5 Å². The molecule has 1 atom stereocenters. The van der Waals surface area contributed by atoms with Crippen LogP contribution in [-0.4, -0.2) is 22.4 Å². The van der Waals surface area contributed by atoms with Gasteiger partial charge in [0.2, 0.25) is 0 Å². The van der Waals surface area contributed by atoms with Crippen molar-refractivity contribution in [2.24, 2.45) is 5.73 Å². The molecule has 0 spiro atoms. The molecule has 0 saturated carbocycles. The van der Waals surface area contributed by atoms with E-state index in [0.29, 0.717) is 5.75 Å². The Kier molecular flexibility index (Phi) is 4.47. The molecule has 0 radical (unpaired) electrons. The fraction of sp³-hybridized carbons (Fsp3) is 0.364. The van der Waals surface area contributed by atoms with Gasteiger partial charge in [0.1, 0.15) is 17.2 Å². The molecule has 1 aromatic rings. The van der Waals surface area contributed by atoms with Crippen molar-refractivity contribution in [1.82, 2.24) is 0 Å². The molecule has 0 heterocycles. The average molecular weight is 261 g/mol. The maximum absolute atomic E-state index is 13.2. The summed E-state index contributed by atoms with van der Waals surface area (Å²) in [7, 11) is 0. The number of rotatable bonds is 5. The van der Waals surface area contributed by atoms with Crippen LogP contribution in [0.3, 0.4) is 0 Å². The summed E-state index contributed by atoms with van der Waals surface area (Å²) in [6.07, 6.45) is 0.170. The Balaban J connectivity index is 2.57. The van der Waals surface area contributed by atoms with Crippen molar-refractivity contribution in [2.75, 3.05) is 5.75 Å². The fourth-order valence-electron chi connectivity index (χ4n) is 1.07. The Morgan fingerprint density at radius 2 is 2.18 bits per heavy atom. The summed E-state index contributed by atoms with van der Waals surface area (Å²) >= 11 is 1.05. The standard InChI is InChI=1S/C11H13F2NO2S/c1-11(14,10(15)16)4-5-17-9-6-7(12)2-3-8(9)13/h2-3,6H,4-5,14H2,1H3,(H,15,16). The van der Waals surface area contributed by atoms with Crippen LogP contribution in [0.5, 0.6) is 0 Å². The third-order valence-electron chi connectivity index (χ3n) is 2.26. The molecule has 0 aliphatic heterocycles. The second-order valence-electron chi connectivity index (χ2n) is 3.90. The van der Waals surface area contributed by atoms with Crippen LogP contribution < -0.4 is 5.73 Å². The quantitative estimate of drug-likeness (QED) is 0.798. The van der Waals surface area contributed by atoms with Gasteiger partial charge in [0, 0.05) is 10.6 Å². The highest BCUT2D eigenvalue weighted by molar-refractivity contribution is 7.99. The van der Waals surface area contributed by atoms with Gasteiger partial charge in [0.05, 0.1) is 0 Å². The van der Waals surface area contributed by atoms with Crippen LogP contribution in [0, 0.1) is 11.6 Å². The third kappa shape index (κ3) is 3.98. The number of benzene rings is 1. The number of nitrogens with two attached hydrogens (primary N) is 1. The molecule has 1 rings (SSSR count). The minimum Gasteiger partial charge on any atom is -0.480 e. The Labute approximate surface area is 102 Å². The van der Waals surface area contributed by atoms with Gasteiger partial charge in [-0.2, -0.15) is 0 Å². The second-order valence-corrected chi connectivity index (χ2v) is 5.03. The maximum atomic E-state index is 13.2. The van der Waals surface area contributed by atoms with Crippen LogP contribution in [-0.2, 0) is 4.79 Å². The number of hydrogen-bond donors (Lipinski definition) is 2. The van der Waals surface area contributed by atoms with Gasteiger partial charge in [-0.25, -0.2) is 8.78 Å². The lowest BCUT2D eigenvalue weighted by Gasteiger charge is -2.18. The molecule has 0 amide bonds. The van der Waals surface area contributed by atoms with Gasteiger partial charge < -0.3 is 10.8 Å². The van der Waals surface area contributed by atoms with Gasteiger partial charge >= 0.3 is 5.97 Å². The molecule has 0 bridgehead atoms. The van der Waals surface area contributed by atoms with Crippen molar-refractivity contribution in [3.63, 3.8) is 0 Å². The number of hydrogen-bond acceptors (Lipinski definition) is 3. The van der Waals surface area contributed by atoms with Crippen LogP contribution in [0.4, 0.5) is 8.78 Å². The number of halogens is 2. The molecule has 1 unspecified atom stereocenters. The highest BCUT2D eigenvalue weighted by atomic mass is 32.2. The first-order chi connectivity index (χ1) is 7.83. The summed E-state index contributed by atoms with van der Waals surface area (Å²) in [5, 5.41) is 8.77. The molecule has 0 aromatic heterocycles. The lowest BCUT2D eigenvalue weighted by Crippen LogP contribution is -2.45. The topological polar surface area (TPSA) is 63.3 Å². The Morgan fingerprint density at radius 3 is 2.76 bits per heavy atom. The molecule has 17 heavy (non-hydrogen) atoms. The van der Waals surface area contributed by atoms with E-state index in [1.54, 1.807) is 0 Å². The summed E-state index contributed by atoms with van der Waals surface area (Å²) in [6, 6.07) is 3.15. The van der Waals surface area contributed by atoms with E-state index in [1.807, 2.05) is 0 Å². The first kappa shape index (κ1) is 13.9. The Hall–Kier alpha value is -1.14. The van der Waals surface area contributed by atoms with E-state index >= 15 is 0 Å². The molecular weight excluding hydrogens is 248 g/mol. The smallest absolute Gasteiger partial charge is 0.323 e. The molecule has 94 valence electrons. The van der Waals surface area contributed by atoms with Gasteiger partial charge in [-0.3, -0.25) is 4.79 Å². The van der Waals surface area contributed by atoms with E-state index in [1.165, 1.54) is 6.92 Å². The molecule has 3 N–H and O–H groups in total. The molecule has 3 nitrogen and oxygen atoms in total. The average Bonchev–Trinajstić information content (AvgIpc) is 2.22. The number of aliphatic carboxylic acids is 1.